The summed E-state index contributed by atoms with van der Waals surface area (Å²) < 4.78 is 18.7. The van der Waals surface area contributed by atoms with Gasteiger partial charge in [0, 0.05) is 11.5 Å². The van der Waals surface area contributed by atoms with Crippen LogP contribution in [0.2, 0.25) is 0 Å². The molecule has 1 heterocycles. The fourth-order valence-corrected chi connectivity index (χ4v) is 2.21. The second kappa shape index (κ2) is 5.57. The van der Waals surface area contributed by atoms with Gasteiger partial charge in [0.1, 0.15) is 11.6 Å². The molecule has 1 amide bonds. The number of carbonyl (C=O) groups excluding carboxylic acids is 1. The molecule has 1 aromatic carbocycles. The predicted molar refractivity (Wildman–Crippen MR) is 71.8 cm³/mol. The van der Waals surface area contributed by atoms with Crippen LogP contribution in [0, 0.1) is 11.2 Å². The maximum absolute atomic E-state index is 13.7. The van der Waals surface area contributed by atoms with E-state index in [1.165, 1.54) is 25.3 Å². The Kier molecular flexibility index (Phi) is 4.04. The van der Waals surface area contributed by atoms with Gasteiger partial charge in [0.05, 0.1) is 12.8 Å². The Bertz CT molecular complexity index is 471. The summed E-state index contributed by atoms with van der Waals surface area (Å²) in [5.74, 6) is -0.0694. The molecule has 1 aromatic rings. The molecule has 0 radical (unpaired) electrons. The maximum atomic E-state index is 13.7. The minimum absolute atomic E-state index is 0.138. The van der Waals surface area contributed by atoms with E-state index in [0.29, 0.717) is 5.75 Å². The Morgan fingerprint density at radius 2 is 2.11 bits per heavy atom. The molecule has 2 rings (SSSR count). The highest BCUT2D eigenvalue weighted by Gasteiger charge is 2.34. The van der Waals surface area contributed by atoms with Gasteiger partial charge >= 0.3 is 0 Å². The Morgan fingerprint density at radius 1 is 1.42 bits per heavy atom. The molecular weight excluding hydrogens is 247 g/mol. The first-order valence-corrected chi connectivity index (χ1v) is 6.41. The van der Waals surface area contributed by atoms with Crippen molar-refractivity contribution in [3.05, 3.63) is 24.0 Å². The van der Waals surface area contributed by atoms with Gasteiger partial charge in [-0.25, -0.2) is 4.39 Å². The highest BCUT2D eigenvalue weighted by atomic mass is 19.1. The minimum Gasteiger partial charge on any atom is -0.497 e. The number of hydrogen-bond donors (Lipinski definition) is 2. The molecule has 4 nitrogen and oxygen atoms in total. The van der Waals surface area contributed by atoms with Gasteiger partial charge in [-0.3, -0.25) is 4.79 Å². The summed E-state index contributed by atoms with van der Waals surface area (Å²) in [4.78, 5) is 12.3. The zero-order valence-electron chi connectivity index (χ0n) is 11.3. The number of benzene rings is 1. The van der Waals surface area contributed by atoms with Crippen molar-refractivity contribution >= 4 is 11.6 Å². The lowest BCUT2D eigenvalue weighted by Gasteiger charge is -2.32. The van der Waals surface area contributed by atoms with Crippen LogP contribution in [-0.2, 0) is 4.79 Å². The van der Waals surface area contributed by atoms with E-state index in [4.69, 9.17) is 4.74 Å². The van der Waals surface area contributed by atoms with E-state index in [1.54, 1.807) is 0 Å². The number of rotatable bonds is 3. The fourth-order valence-electron chi connectivity index (χ4n) is 2.21. The number of nitrogens with one attached hydrogen (secondary N) is 2. The van der Waals surface area contributed by atoms with Crippen LogP contribution in [0.25, 0.3) is 0 Å². The van der Waals surface area contributed by atoms with Gasteiger partial charge in [-0.2, -0.15) is 0 Å². The van der Waals surface area contributed by atoms with Gasteiger partial charge in [-0.1, -0.05) is 6.92 Å². The van der Waals surface area contributed by atoms with E-state index in [1.807, 2.05) is 6.92 Å². The smallest absolute Gasteiger partial charge is 0.230 e. The van der Waals surface area contributed by atoms with Crippen molar-refractivity contribution in [3.63, 3.8) is 0 Å². The van der Waals surface area contributed by atoms with Crippen molar-refractivity contribution in [1.29, 1.82) is 0 Å². The summed E-state index contributed by atoms with van der Waals surface area (Å²) in [5.41, 5.74) is -0.273. The van der Waals surface area contributed by atoms with Crippen LogP contribution < -0.4 is 15.4 Å². The van der Waals surface area contributed by atoms with Gasteiger partial charge in [-0.05, 0) is 38.1 Å². The molecule has 5 heteroatoms. The molecule has 0 aromatic heterocycles. The largest absolute Gasteiger partial charge is 0.497 e. The lowest BCUT2D eigenvalue weighted by molar-refractivity contribution is -0.126. The third kappa shape index (κ3) is 3.04. The molecule has 1 saturated heterocycles. The third-order valence-corrected chi connectivity index (χ3v) is 3.68. The average Bonchev–Trinajstić information content (AvgIpc) is 2.42. The number of hydrogen-bond acceptors (Lipinski definition) is 3. The number of halogens is 1. The second-order valence-electron chi connectivity index (χ2n) is 5.11. The molecular formula is C14H19FN2O2. The summed E-state index contributed by atoms with van der Waals surface area (Å²) in [6, 6.07) is 4.31. The lowest BCUT2D eigenvalue weighted by Crippen LogP contribution is -2.42. The first-order valence-electron chi connectivity index (χ1n) is 6.41. The SMILES string of the molecule is COc1ccc(F)c(NC(=O)C2(C)CCNCC2)c1. The summed E-state index contributed by atoms with van der Waals surface area (Å²) in [7, 11) is 1.51. The standard InChI is InChI=1S/C14H19FN2O2/c1-14(5-7-16-8-6-14)13(18)17-12-9-10(19-2)3-4-11(12)15/h3-4,9,16H,5-8H2,1-2H3,(H,17,18). The summed E-state index contributed by atoms with van der Waals surface area (Å²) in [5, 5.41) is 5.89. The molecule has 0 aliphatic carbocycles. The predicted octanol–water partition coefficient (Wildman–Crippen LogP) is 2.16. The van der Waals surface area contributed by atoms with Crippen LogP contribution >= 0.6 is 0 Å². The number of carbonyl (C=O) groups is 1. The Labute approximate surface area is 112 Å². The molecule has 104 valence electrons. The Hall–Kier alpha value is -1.62. The molecule has 0 bridgehead atoms. The molecule has 1 aliphatic heterocycles. The first kappa shape index (κ1) is 13.8. The van der Waals surface area contributed by atoms with Crippen LogP contribution in [0.3, 0.4) is 0 Å². The van der Waals surface area contributed by atoms with E-state index in [9.17, 15) is 9.18 Å². The highest BCUT2D eigenvalue weighted by Crippen LogP contribution is 2.30. The topological polar surface area (TPSA) is 50.4 Å². The monoisotopic (exact) mass is 266 g/mol. The molecule has 0 atom stereocenters. The van der Waals surface area contributed by atoms with Crippen molar-refractivity contribution in [2.24, 2.45) is 5.41 Å². The van der Waals surface area contributed by atoms with Crippen molar-refractivity contribution in [3.8, 4) is 5.75 Å². The number of piperidine rings is 1. The maximum Gasteiger partial charge on any atom is 0.230 e. The Balaban J connectivity index is 2.14. The van der Waals surface area contributed by atoms with Crippen molar-refractivity contribution in [2.75, 3.05) is 25.5 Å². The van der Waals surface area contributed by atoms with Crippen LogP contribution in [0.4, 0.5) is 10.1 Å². The number of amides is 1. The van der Waals surface area contributed by atoms with E-state index in [-0.39, 0.29) is 11.6 Å². The van der Waals surface area contributed by atoms with E-state index in [0.717, 1.165) is 25.9 Å². The van der Waals surface area contributed by atoms with Gasteiger partial charge in [0.2, 0.25) is 5.91 Å². The molecule has 0 spiro atoms. The molecule has 19 heavy (non-hydrogen) atoms. The van der Waals surface area contributed by atoms with Crippen molar-refractivity contribution < 1.29 is 13.9 Å². The van der Waals surface area contributed by atoms with Gasteiger partial charge < -0.3 is 15.4 Å². The lowest BCUT2D eigenvalue weighted by atomic mass is 9.80. The molecule has 1 fully saturated rings. The Morgan fingerprint density at radius 3 is 2.74 bits per heavy atom. The van der Waals surface area contributed by atoms with E-state index >= 15 is 0 Å². The number of methoxy groups -OCH3 is 1. The van der Waals surface area contributed by atoms with Crippen molar-refractivity contribution in [2.45, 2.75) is 19.8 Å². The minimum atomic E-state index is -0.452. The first-order chi connectivity index (χ1) is 9.05. The van der Waals surface area contributed by atoms with Gasteiger partial charge in [0.25, 0.3) is 0 Å². The normalized spacial score (nSPS) is 17.8. The molecule has 2 N–H and O–H groups in total. The number of ether oxygens (including phenoxy) is 1. The molecule has 0 saturated carbocycles. The van der Waals surface area contributed by atoms with Crippen molar-refractivity contribution in [1.82, 2.24) is 5.32 Å². The third-order valence-electron chi connectivity index (χ3n) is 3.68. The second-order valence-corrected chi connectivity index (χ2v) is 5.11. The van der Waals surface area contributed by atoms with Crippen LogP contribution in [-0.4, -0.2) is 26.1 Å². The quantitative estimate of drug-likeness (QED) is 0.881. The molecule has 0 unspecified atom stereocenters. The van der Waals surface area contributed by atoms with Crippen LogP contribution in [0.1, 0.15) is 19.8 Å². The van der Waals surface area contributed by atoms with Crippen LogP contribution in [0.5, 0.6) is 5.75 Å². The van der Waals surface area contributed by atoms with Crippen LogP contribution in [0.15, 0.2) is 18.2 Å². The fraction of sp³-hybridized carbons (Fsp3) is 0.500. The zero-order chi connectivity index (χ0) is 13.9. The molecule has 1 aliphatic rings. The number of anilines is 1. The summed E-state index contributed by atoms with van der Waals surface area (Å²) in [6.07, 6.45) is 1.51. The van der Waals surface area contributed by atoms with E-state index in [2.05, 4.69) is 10.6 Å². The average molecular weight is 266 g/mol. The van der Waals surface area contributed by atoms with Gasteiger partial charge in [-0.15, -0.1) is 0 Å². The summed E-state index contributed by atoms with van der Waals surface area (Å²) >= 11 is 0. The van der Waals surface area contributed by atoms with E-state index < -0.39 is 11.2 Å². The summed E-state index contributed by atoms with van der Waals surface area (Å²) in [6.45, 7) is 3.54. The zero-order valence-corrected chi connectivity index (χ0v) is 11.3. The highest BCUT2D eigenvalue weighted by molar-refractivity contribution is 5.95. The van der Waals surface area contributed by atoms with Gasteiger partial charge in [0.15, 0.2) is 0 Å².